The molecule has 3 heterocycles. The van der Waals surface area contributed by atoms with Crippen molar-refractivity contribution in [3.63, 3.8) is 0 Å². The minimum Gasteiger partial charge on any atom is -0.374 e. The molecular formula is C36H43ClN2O3. The molecule has 0 amide bonds. The van der Waals surface area contributed by atoms with Gasteiger partial charge >= 0.3 is 0 Å². The number of fused-ring (bicyclic) bond motifs is 2. The van der Waals surface area contributed by atoms with Crippen LogP contribution in [0.4, 0.5) is 0 Å². The number of carbonyl (C=O) groups excluding carboxylic acids is 1. The van der Waals surface area contributed by atoms with Crippen LogP contribution in [-0.2, 0) is 34.8 Å². The molecule has 42 heavy (non-hydrogen) atoms. The maximum absolute atomic E-state index is 12.0. The largest absolute Gasteiger partial charge is 0.374 e. The molecule has 5 nitrogen and oxygen atoms in total. The Morgan fingerprint density at radius 2 is 1.74 bits per heavy atom. The molecule has 1 atom stereocenters. The Kier molecular flexibility index (Phi) is 10.2. The van der Waals surface area contributed by atoms with Crippen molar-refractivity contribution in [1.29, 1.82) is 0 Å². The maximum atomic E-state index is 12.0. The van der Waals surface area contributed by atoms with Crippen molar-refractivity contribution in [1.82, 2.24) is 9.47 Å². The van der Waals surface area contributed by atoms with Crippen LogP contribution in [0.3, 0.4) is 0 Å². The minimum atomic E-state index is 0.0279. The van der Waals surface area contributed by atoms with Gasteiger partial charge in [-0.15, -0.1) is 0 Å². The molecule has 0 aliphatic carbocycles. The summed E-state index contributed by atoms with van der Waals surface area (Å²) in [5.41, 5.74) is 5.89. The van der Waals surface area contributed by atoms with Gasteiger partial charge in [-0.3, -0.25) is 9.69 Å². The highest BCUT2D eigenvalue weighted by Gasteiger charge is 2.37. The highest BCUT2D eigenvalue weighted by molar-refractivity contribution is 6.31. The SMILES string of the molecule is CC(=O)c1cn(CC2CN(Cc3ccccc3)CCO2)c2cc(Cl)ccc12.CCCC1(CCC)OCc2ccccc21. The van der Waals surface area contributed by atoms with E-state index in [2.05, 4.69) is 71.8 Å². The first-order valence-corrected chi connectivity index (χ1v) is 15.7. The van der Waals surface area contributed by atoms with Crippen molar-refractivity contribution in [2.45, 2.75) is 77.9 Å². The van der Waals surface area contributed by atoms with Gasteiger partial charge in [0, 0.05) is 41.8 Å². The van der Waals surface area contributed by atoms with E-state index >= 15 is 0 Å². The Balaban J connectivity index is 0.000000199. The molecule has 4 aromatic rings. The van der Waals surface area contributed by atoms with Gasteiger partial charge in [0.05, 0.1) is 37.0 Å². The molecule has 1 aromatic heterocycles. The number of carbonyl (C=O) groups is 1. The van der Waals surface area contributed by atoms with Crippen LogP contribution in [0.2, 0.25) is 5.02 Å². The number of ketones is 1. The van der Waals surface area contributed by atoms with Gasteiger partial charge in [0.25, 0.3) is 0 Å². The van der Waals surface area contributed by atoms with Crippen LogP contribution in [0.15, 0.2) is 79.0 Å². The van der Waals surface area contributed by atoms with E-state index < -0.39 is 0 Å². The number of benzene rings is 3. The zero-order valence-corrected chi connectivity index (χ0v) is 25.9. The Morgan fingerprint density at radius 1 is 1.00 bits per heavy atom. The summed E-state index contributed by atoms with van der Waals surface area (Å²) in [5.74, 6) is 0.0661. The molecule has 0 saturated carbocycles. The monoisotopic (exact) mass is 586 g/mol. The summed E-state index contributed by atoms with van der Waals surface area (Å²) in [6, 6.07) is 24.9. The van der Waals surface area contributed by atoms with Crippen LogP contribution in [0.25, 0.3) is 10.9 Å². The number of aromatic nitrogens is 1. The van der Waals surface area contributed by atoms with Gasteiger partial charge in [0.15, 0.2) is 5.78 Å². The van der Waals surface area contributed by atoms with Gasteiger partial charge < -0.3 is 14.0 Å². The number of morpholine rings is 1. The highest BCUT2D eigenvalue weighted by Crippen LogP contribution is 2.43. The number of ether oxygens (including phenoxy) is 2. The van der Waals surface area contributed by atoms with E-state index in [0.717, 1.165) is 62.2 Å². The molecule has 222 valence electrons. The topological polar surface area (TPSA) is 43.7 Å². The quantitative estimate of drug-likeness (QED) is 0.185. The second kappa shape index (κ2) is 14.0. The lowest BCUT2D eigenvalue weighted by molar-refractivity contribution is -0.0518. The third kappa shape index (κ3) is 6.98. The smallest absolute Gasteiger partial charge is 0.161 e. The first-order chi connectivity index (χ1) is 20.4. The Bertz CT molecular complexity index is 1470. The number of halogens is 1. The fraction of sp³-hybridized carbons (Fsp3) is 0.417. The Hall–Kier alpha value is -2.96. The lowest BCUT2D eigenvalue weighted by atomic mass is 9.85. The van der Waals surface area contributed by atoms with Gasteiger partial charge in [-0.25, -0.2) is 0 Å². The number of hydrogen-bond acceptors (Lipinski definition) is 4. The average Bonchev–Trinajstić information content (AvgIpc) is 3.53. The van der Waals surface area contributed by atoms with Crippen LogP contribution in [-0.4, -0.2) is 41.1 Å². The predicted octanol–water partition coefficient (Wildman–Crippen LogP) is 8.41. The maximum Gasteiger partial charge on any atom is 0.161 e. The van der Waals surface area contributed by atoms with Crippen LogP contribution >= 0.6 is 11.6 Å². The molecule has 1 unspecified atom stereocenters. The molecule has 6 rings (SSSR count). The van der Waals surface area contributed by atoms with Gasteiger partial charge in [-0.05, 0) is 48.6 Å². The van der Waals surface area contributed by atoms with Crippen LogP contribution in [0.1, 0.15) is 73.5 Å². The van der Waals surface area contributed by atoms with Crippen LogP contribution in [0.5, 0.6) is 0 Å². The van der Waals surface area contributed by atoms with Crippen molar-refractivity contribution in [2.24, 2.45) is 0 Å². The first kappa shape index (κ1) is 30.5. The summed E-state index contributed by atoms with van der Waals surface area (Å²) in [4.78, 5) is 14.4. The molecule has 0 bridgehead atoms. The highest BCUT2D eigenvalue weighted by atomic mass is 35.5. The predicted molar refractivity (Wildman–Crippen MR) is 171 cm³/mol. The molecule has 0 radical (unpaired) electrons. The summed E-state index contributed by atoms with van der Waals surface area (Å²) in [6.07, 6.45) is 6.69. The minimum absolute atomic E-state index is 0.0279. The average molecular weight is 587 g/mol. The third-order valence-corrected chi connectivity index (χ3v) is 8.65. The van der Waals surface area contributed by atoms with Crippen molar-refractivity contribution in [3.05, 3.63) is 106 Å². The lowest BCUT2D eigenvalue weighted by Gasteiger charge is -2.33. The van der Waals surface area contributed by atoms with Crippen molar-refractivity contribution in [2.75, 3.05) is 19.7 Å². The second-order valence-corrected chi connectivity index (χ2v) is 12.0. The molecule has 1 fully saturated rings. The van der Waals surface area contributed by atoms with Crippen LogP contribution in [0, 0.1) is 0 Å². The number of rotatable bonds is 9. The molecule has 2 aliphatic heterocycles. The Labute approximate surface area is 255 Å². The number of Topliss-reactive ketones (excluding diaryl/α,β-unsaturated/α-hetero) is 1. The van der Waals surface area contributed by atoms with E-state index in [9.17, 15) is 4.79 Å². The van der Waals surface area contributed by atoms with E-state index in [-0.39, 0.29) is 17.5 Å². The second-order valence-electron chi connectivity index (χ2n) is 11.6. The summed E-state index contributed by atoms with van der Waals surface area (Å²) in [7, 11) is 0. The number of nitrogens with zero attached hydrogens (tertiary/aromatic N) is 2. The summed E-state index contributed by atoms with van der Waals surface area (Å²) < 4.78 is 14.2. The third-order valence-electron chi connectivity index (χ3n) is 8.42. The van der Waals surface area contributed by atoms with Crippen molar-refractivity contribution in [3.8, 4) is 0 Å². The van der Waals surface area contributed by atoms with E-state index in [0.29, 0.717) is 11.6 Å². The van der Waals surface area contributed by atoms with E-state index in [1.807, 2.05) is 30.5 Å². The first-order valence-electron chi connectivity index (χ1n) is 15.3. The van der Waals surface area contributed by atoms with E-state index in [4.69, 9.17) is 21.1 Å². The van der Waals surface area contributed by atoms with Crippen molar-refractivity contribution < 1.29 is 14.3 Å². The lowest BCUT2D eigenvalue weighted by Crippen LogP contribution is -2.43. The van der Waals surface area contributed by atoms with E-state index in [1.165, 1.54) is 29.5 Å². The zero-order valence-electron chi connectivity index (χ0n) is 25.2. The summed E-state index contributed by atoms with van der Waals surface area (Å²) >= 11 is 6.20. The fourth-order valence-electron chi connectivity index (χ4n) is 6.52. The molecule has 2 aliphatic rings. The summed E-state index contributed by atoms with van der Waals surface area (Å²) in [6.45, 7) is 11.0. The van der Waals surface area contributed by atoms with Gasteiger partial charge in [-0.1, -0.05) is 99.0 Å². The molecule has 3 aromatic carbocycles. The Morgan fingerprint density at radius 3 is 2.48 bits per heavy atom. The molecule has 1 saturated heterocycles. The summed E-state index contributed by atoms with van der Waals surface area (Å²) in [5, 5.41) is 1.62. The number of hydrogen-bond donors (Lipinski definition) is 0. The fourth-order valence-corrected chi connectivity index (χ4v) is 6.69. The zero-order chi connectivity index (χ0) is 29.5. The van der Waals surface area contributed by atoms with Gasteiger partial charge in [-0.2, -0.15) is 0 Å². The van der Waals surface area contributed by atoms with Crippen LogP contribution < -0.4 is 0 Å². The van der Waals surface area contributed by atoms with E-state index in [1.54, 1.807) is 6.92 Å². The molecule has 0 N–H and O–H groups in total. The normalized spacial score (nSPS) is 18.0. The van der Waals surface area contributed by atoms with Crippen molar-refractivity contribution >= 4 is 28.3 Å². The van der Waals surface area contributed by atoms with Gasteiger partial charge in [0.1, 0.15) is 0 Å². The molecule has 0 spiro atoms. The molecular weight excluding hydrogens is 544 g/mol. The van der Waals surface area contributed by atoms with Gasteiger partial charge in [0.2, 0.25) is 0 Å². The standard InChI is InChI=1S/C22H23ClN2O2.C14H20O/c1-16(26)21-15-25(22-11-18(23)7-8-20(21)22)14-19-13-24(9-10-27-19)12-17-5-3-2-4-6-17;1-3-9-14(10-4-2)13-8-6-5-7-12(13)11-15-14/h2-8,11,15,19H,9-10,12-14H2,1H3;5-8H,3-4,9-11H2,1-2H3. The molecule has 6 heteroatoms.